The zero-order chi connectivity index (χ0) is 22.5. The molecule has 0 atom stereocenters. The van der Waals surface area contributed by atoms with Crippen LogP contribution in [0.5, 0.6) is 5.75 Å². The molecule has 0 spiro atoms. The Labute approximate surface area is 187 Å². The number of hydrogen-bond donors (Lipinski definition) is 3. The second-order valence-corrected chi connectivity index (χ2v) is 8.07. The minimum atomic E-state index is -0.120. The number of amides is 1. The predicted octanol–water partition coefficient (Wildman–Crippen LogP) is 4.01. The van der Waals surface area contributed by atoms with Gasteiger partial charge in [0.05, 0.1) is 11.5 Å². The van der Waals surface area contributed by atoms with Crippen molar-refractivity contribution in [1.82, 2.24) is 10.2 Å². The van der Waals surface area contributed by atoms with Crippen LogP contribution >= 0.6 is 0 Å². The molecule has 32 heavy (non-hydrogen) atoms. The van der Waals surface area contributed by atoms with Crippen molar-refractivity contribution in [3.63, 3.8) is 0 Å². The van der Waals surface area contributed by atoms with Gasteiger partial charge in [-0.05, 0) is 35.8 Å². The predicted molar refractivity (Wildman–Crippen MR) is 125 cm³/mol. The quantitative estimate of drug-likeness (QED) is 0.621. The highest BCUT2D eigenvalue weighted by Crippen LogP contribution is 2.23. The molecule has 0 radical (unpaired) electrons. The van der Waals surface area contributed by atoms with Gasteiger partial charge in [0, 0.05) is 32.9 Å². The molecule has 4 rings (SSSR count). The van der Waals surface area contributed by atoms with Crippen molar-refractivity contribution >= 4 is 11.6 Å². The summed E-state index contributed by atoms with van der Waals surface area (Å²) in [6, 6.07) is 16.9. The molecule has 0 saturated heterocycles. The zero-order valence-electron chi connectivity index (χ0n) is 18.1. The highest BCUT2D eigenvalue weighted by Gasteiger charge is 2.29. The fourth-order valence-electron chi connectivity index (χ4n) is 3.79. The Morgan fingerprint density at radius 3 is 2.44 bits per heavy atom. The van der Waals surface area contributed by atoms with Gasteiger partial charge >= 0.3 is 0 Å². The average molecular weight is 430 g/mol. The molecule has 1 aliphatic carbocycles. The van der Waals surface area contributed by atoms with Crippen LogP contribution in [0, 0.1) is 0 Å². The maximum atomic E-state index is 12.9. The Balaban J connectivity index is 1.62. The number of allylic oxidation sites excluding steroid dienone is 4. The molecule has 6 nitrogen and oxygen atoms in total. The molecule has 0 bridgehead atoms. The number of rotatable bonds is 7. The molecule has 2 aromatic rings. The molecule has 6 heteroatoms. The number of aliphatic imine (C=N–C) groups is 1. The van der Waals surface area contributed by atoms with Crippen molar-refractivity contribution < 1.29 is 15.0 Å². The molecule has 0 unspecified atom stereocenters. The summed E-state index contributed by atoms with van der Waals surface area (Å²) in [5.41, 5.74) is 4.59. The molecule has 0 aromatic heterocycles. The van der Waals surface area contributed by atoms with Gasteiger partial charge in [-0.2, -0.15) is 0 Å². The van der Waals surface area contributed by atoms with Crippen molar-refractivity contribution in [2.75, 3.05) is 13.6 Å². The molecule has 1 aliphatic heterocycles. The lowest BCUT2D eigenvalue weighted by Crippen LogP contribution is -2.29. The highest BCUT2D eigenvalue weighted by atomic mass is 16.3. The van der Waals surface area contributed by atoms with Crippen molar-refractivity contribution in [3.05, 3.63) is 101 Å². The molecule has 0 saturated carbocycles. The number of nitrogens with zero attached hydrogens (tertiary/aromatic N) is 2. The third kappa shape index (κ3) is 5.09. The lowest BCUT2D eigenvalue weighted by atomic mass is 10.0. The van der Waals surface area contributed by atoms with Gasteiger partial charge in [-0.3, -0.25) is 9.69 Å². The van der Waals surface area contributed by atoms with Gasteiger partial charge in [0.15, 0.2) is 5.82 Å². The number of carbonyl (C=O) groups excluding carboxylic acids is 1. The summed E-state index contributed by atoms with van der Waals surface area (Å²) in [4.78, 5) is 19.2. The fourth-order valence-corrected chi connectivity index (χ4v) is 3.79. The summed E-state index contributed by atoms with van der Waals surface area (Å²) in [6.07, 6.45) is 6.15. The number of nitrogens with one attached hydrogen (secondary N) is 1. The van der Waals surface area contributed by atoms with E-state index in [2.05, 4.69) is 17.4 Å². The van der Waals surface area contributed by atoms with E-state index in [0.717, 1.165) is 23.2 Å². The average Bonchev–Trinajstić information content (AvgIpc) is 3.08. The van der Waals surface area contributed by atoms with E-state index in [9.17, 15) is 15.0 Å². The first-order chi connectivity index (χ1) is 15.5. The van der Waals surface area contributed by atoms with E-state index in [0.29, 0.717) is 43.1 Å². The van der Waals surface area contributed by atoms with Crippen LogP contribution in [0.2, 0.25) is 0 Å². The summed E-state index contributed by atoms with van der Waals surface area (Å²) in [6.45, 7) is 0.625. The van der Waals surface area contributed by atoms with E-state index in [1.165, 1.54) is 5.57 Å². The van der Waals surface area contributed by atoms with Crippen LogP contribution in [0.3, 0.4) is 0 Å². The minimum absolute atomic E-state index is 0.120. The molecule has 2 aromatic carbocycles. The van der Waals surface area contributed by atoms with Crippen molar-refractivity contribution in [1.29, 1.82) is 0 Å². The number of carbonyl (C=O) groups is 1. The largest absolute Gasteiger partial charge is 0.512 e. The maximum absolute atomic E-state index is 12.9. The minimum Gasteiger partial charge on any atom is -0.512 e. The smallest absolute Gasteiger partial charge is 0.274 e. The summed E-state index contributed by atoms with van der Waals surface area (Å²) in [5.74, 6) is 1.11. The molecular formula is C26H27N3O3. The summed E-state index contributed by atoms with van der Waals surface area (Å²) >= 11 is 0. The Kier molecular flexibility index (Phi) is 6.40. The van der Waals surface area contributed by atoms with Gasteiger partial charge < -0.3 is 15.5 Å². The fraction of sp³-hybridized carbons (Fsp3) is 0.231. The van der Waals surface area contributed by atoms with Crippen molar-refractivity contribution in [2.24, 2.45) is 4.99 Å². The van der Waals surface area contributed by atoms with Gasteiger partial charge in [0.2, 0.25) is 0 Å². The second-order valence-electron chi connectivity index (χ2n) is 8.07. The van der Waals surface area contributed by atoms with Gasteiger partial charge in [-0.1, -0.05) is 54.1 Å². The third-order valence-corrected chi connectivity index (χ3v) is 5.65. The molecule has 0 fully saturated rings. The molecule has 1 heterocycles. The van der Waals surface area contributed by atoms with Crippen LogP contribution in [0.15, 0.2) is 94.6 Å². The third-order valence-electron chi connectivity index (χ3n) is 5.65. The Hall–Kier alpha value is -3.80. The van der Waals surface area contributed by atoms with Crippen LogP contribution in [-0.4, -0.2) is 40.3 Å². The van der Waals surface area contributed by atoms with Crippen molar-refractivity contribution in [2.45, 2.75) is 25.7 Å². The van der Waals surface area contributed by atoms with Gasteiger partial charge in [0.25, 0.3) is 5.91 Å². The van der Waals surface area contributed by atoms with E-state index in [1.807, 2.05) is 24.3 Å². The monoisotopic (exact) mass is 429 g/mol. The number of aromatic hydroxyl groups is 1. The second kappa shape index (κ2) is 9.56. The number of benzene rings is 2. The normalized spacial score (nSPS) is 17.6. The van der Waals surface area contributed by atoms with Crippen LogP contribution < -0.4 is 5.32 Å². The highest BCUT2D eigenvalue weighted by molar-refractivity contribution is 6.41. The first-order valence-electron chi connectivity index (χ1n) is 10.7. The van der Waals surface area contributed by atoms with Gasteiger partial charge in [-0.15, -0.1) is 0 Å². The van der Waals surface area contributed by atoms with Gasteiger partial charge in [0.1, 0.15) is 11.5 Å². The van der Waals surface area contributed by atoms with Crippen LogP contribution in [-0.2, 0) is 17.6 Å². The summed E-state index contributed by atoms with van der Waals surface area (Å²) in [5, 5.41) is 22.6. The number of aliphatic hydroxyl groups excluding tert-OH is 1. The number of hydrogen-bond acceptors (Lipinski definition) is 5. The van der Waals surface area contributed by atoms with E-state index in [-0.39, 0.29) is 11.7 Å². The Morgan fingerprint density at radius 1 is 1.00 bits per heavy atom. The Morgan fingerprint density at radius 2 is 1.75 bits per heavy atom. The topological polar surface area (TPSA) is 85.2 Å². The molecule has 164 valence electrons. The van der Waals surface area contributed by atoms with Crippen LogP contribution in [0.4, 0.5) is 0 Å². The van der Waals surface area contributed by atoms with Crippen LogP contribution in [0.1, 0.15) is 24.0 Å². The SMILES string of the molecule is CN1C(=O)C(Cc2ccc(O)cc2)=N/C1=C(\Cc1ccccc1)NCC1=CC=C(O)CC1. The lowest BCUT2D eigenvalue weighted by molar-refractivity contribution is -0.120. The summed E-state index contributed by atoms with van der Waals surface area (Å²) in [7, 11) is 1.75. The number of phenols is 1. The first-order valence-corrected chi connectivity index (χ1v) is 10.7. The van der Waals surface area contributed by atoms with Gasteiger partial charge in [-0.25, -0.2) is 4.99 Å². The number of aliphatic hydroxyl groups is 1. The van der Waals surface area contributed by atoms with Crippen molar-refractivity contribution in [3.8, 4) is 5.75 Å². The molecular weight excluding hydrogens is 402 g/mol. The van der Waals surface area contributed by atoms with Crippen LogP contribution in [0.25, 0.3) is 0 Å². The van der Waals surface area contributed by atoms with E-state index in [4.69, 9.17) is 4.99 Å². The molecule has 3 N–H and O–H groups in total. The Bertz CT molecular complexity index is 1110. The van der Waals surface area contributed by atoms with E-state index >= 15 is 0 Å². The molecule has 1 amide bonds. The maximum Gasteiger partial charge on any atom is 0.274 e. The standard InChI is InChI=1S/C26H27N3O3/c1-29-25(28-24(26(29)32)16-19-7-11-21(30)12-8-19)23(15-18-5-3-2-4-6-18)27-17-20-9-13-22(31)14-10-20/h2-9,11-13,27,30-31H,10,14-17H2,1H3/b25-23-. The number of phenolic OH excluding ortho intramolecular Hbond substituents is 1. The van der Waals surface area contributed by atoms with E-state index in [1.54, 1.807) is 42.3 Å². The summed E-state index contributed by atoms with van der Waals surface area (Å²) < 4.78 is 0. The molecule has 2 aliphatic rings. The zero-order valence-corrected chi connectivity index (χ0v) is 18.1. The lowest BCUT2D eigenvalue weighted by Gasteiger charge is -2.19. The first kappa shape index (κ1) is 21.4. The van der Waals surface area contributed by atoms with E-state index < -0.39 is 0 Å².